The normalized spacial score (nSPS) is 22.9. The van der Waals surface area contributed by atoms with Crippen LogP contribution in [0.4, 0.5) is 4.79 Å². The molecule has 0 bridgehead atoms. The number of carboxylic acid groups (broad SMARTS) is 1. The van der Waals surface area contributed by atoms with Crippen LogP contribution in [0.25, 0.3) is 0 Å². The number of carboxylic acids is 1. The van der Waals surface area contributed by atoms with Gasteiger partial charge in [-0.05, 0) is 46.5 Å². The Bertz CT molecular complexity index is 344. The first kappa shape index (κ1) is 16.8. The van der Waals surface area contributed by atoms with Crippen molar-refractivity contribution in [3.05, 3.63) is 0 Å². The van der Waals surface area contributed by atoms with Crippen LogP contribution in [0.3, 0.4) is 0 Å². The molecule has 1 aliphatic heterocycles. The van der Waals surface area contributed by atoms with Gasteiger partial charge in [0.2, 0.25) is 0 Å². The highest BCUT2D eigenvalue weighted by molar-refractivity contribution is 5.74. The van der Waals surface area contributed by atoms with E-state index in [1.54, 1.807) is 0 Å². The molecule has 0 aromatic rings. The molecule has 0 saturated carbocycles. The molecule has 1 rings (SSSR count). The third-order valence-corrected chi connectivity index (χ3v) is 3.44. The number of ether oxygens (including phenoxy) is 1. The summed E-state index contributed by atoms with van der Waals surface area (Å²) in [6.45, 7) is 6.59. The second-order valence-corrected chi connectivity index (χ2v) is 6.10. The van der Waals surface area contributed by atoms with Crippen LogP contribution < -0.4 is 10.6 Å². The van der Waals surface area contributed by atoms with Gasteiger partial charge in [0.1, 0.15) is 0 Å². The monoisotopic (exact) mass is 286 g/mol. The summed E-state index contributed by atoms with van der Waals surface area (Å²) in [7, 11) is 0. The highest BCUT2D eigenvalue weighted by Gasteiger charge is 2.29. The molecule has 2 unspecified atom stereocenters. The number of rotatable bonds is 6. The van der Waals surface area contributed by atoms with Crippen molar-refractivity contribution in [2.75, 3.05) is 6.61 Å². The van der Waals surface area contributed by atoms with Crippen molar-refractivity contribution in [1.82, 2.24) is 10.6 Å². The van der Waals surface area contributed by atoms with Crippen molar-refractivity contribution in [3.63, 3.8) is 0 Å². The van der Waals surface area contributed by atoms with E-state index in [9.17, 15) is 9.59 Å². The SMILES string of the molecule is CC(CCCC(=O)O)NC(=O)NC1CCOC(C)(C)C1. The summed E-state index contributed by atoms with van der Waals surface area (Å²) in [6.07, 6.45) is 3.00. The number of hydrogen-bond donors (Lipinski definition) is 3. The van der Waals surface area contributed by atoms with E-state index in [4.69, 9.17) is 9.84 Å². The molecular weight excluding hydrogens is 260 g/mol. The van der Waals surface area contributed by atoms with E-state index in [2.05, 4.69) is 10.6 Å². The minimum atomic E-state index is -0.800. The molecule has 1 fully saturated rings. The number of aliphatic carboxylic acids is 1. The molecule has 0 aliphatic carbocycles. The lowest BCUT2D eigenvalue weighted by Crippen LogP contribution is -2.50. The summed E-state index contributed by atoms with van der Waals surface area (Å²) in [5, 5.41) is 14.4. The second-order valence-electron chi connectivity index (χ2n) is 6.10. The predicted octanol–water partition coefficient (Wildman–Crippen LogP) is 1.89. The van der Waals surface area contributed by atoms with Gasteiger partial charge < -0.3 is 20.5 Å². The van der Waals surface area contributed by atoms with Gasteiger partial charge in [-0.15, -0.1) is 0 Å². The Labute approximate surface area is 120 Å². The molecule has 6 nitrogen and oxygen atoms in total. The molecule has 2 amide bonds. The average molecular weight is 286 g/mol. The average Bonchev–Trinajstić information content (AvgIpc) is 2.26. The zero-order valence-electron chi connectivity index (χ0n) is 12.6. The first-order valence-electron chi connectivity index (χ1n) is 7.21. The van der Waals surface area contributed by atoms with Crippen LogP contribution in [0.1, 0.15) is 52.9 Å². The molecule has 116 valence electrons. The zero-order valence-corrected chi connectivity index (χ0v) is 12.6. The van der Waals surface area contributed by atoms with Crippen molar-refractivity contribution in [2.24, 2.45) is 0 Å². The lowest BCUT2D eigenvalue weighted by molar-refractivity contribution is -0.137. The Morgan fingerprint density at radius 3 is 2.75 bits per heavy atom. The van der Waals surface area contributed by atoms with E-state index in [1.165, 1.54) is 0 Å². The Morgan fingerprint density at radius 2 is 2.15 bits per heavy atom. The van der Waals surface area contributed by atoms with E-state index in [-0.39, 0.29) is 30.1 Å². The summed E-state index contributed by atoms with van der Waals surface area (Å²) in [5.41, 5.74) is -0.191. The topological polar surface area (TPSA) is 87.7 Å². The maximum Gasteiger partial charge on any atom is 0.315 e. The third-order valence-electron chi connectivity index (χ3n) is 3.44. The fraction of sp³-hybridized carbons (Fsp3) is 0.857. The smallest absolute Gasteiger partial charge is 0.315 e. The molecule has 20 heavy (non-hydrogen) atoms. The van der Waals surface area contributed by atoms with Gasteiger partial charge in [-0.1, -0.05) is 0 Å². The van der Waals surface area contributed by atoms with Gasteiger partial charge in [0.15, 0.2) is 0 Å². The Balaban J connectivity index is 2.23. The van der Waals surface area contributed by atoms with Crippen molar-refractivity contribution < 1.29 is 19.4 Å². The van der Waals surface area contributed by atoms with Gasteiger partial charge in [0, 0.05) is 25.1 Å². The summed E-state index contributed by atoms with van der Waals surface area (Å²) in [4.78, 5) is 22.3. The predicted molar refractivity (Wildman–Crippen MR) is 75.7 cm³/mol. The van der Waals surface area contributed by atoms with Crippen LogP contribution in [0.2, 0.25) is 0 Å². The van der Waals surface area contributed by atoms with Crippen LogP contribution in [0.15, 0.2) is 0 Å². The fourth-order valence-electron chi connectivity index (χ4n) is 2.44. The number of carbonyl (C=O) groups excluding carboxylic acids is 1. The fourth-order valence-corrected chi connectivity index (χ4v) is 2.44. The van der Waals surface area contributed by atoms with Crippen molar-refractivity contribution in [1.29, 1.82) is 0 Å². The number of amides is 2. The Hall–Kier alpha value is -1.30. The van der Waals surface area contributed by atoms with Crippen molar-refractivity contribution in [3.8, 4) is 0 Å². The first-order valence-corrected chi connectivity index (χ1v) is 7.21. The van der Waals surface area contributed by atoms with Gasteiger partial charge in [0.25, 0.3) is 0 Å². The quantitative estimate of drug-likeness (QED) is 0.695. The highest BCUT2D eigenvalue weighted by atomic mass is 16.5. The Kier molecular flexibility index (Phi) is 6.26. The first-order chi connectivity index (χ1) is 9.28. The van der Waals surface area contributed by atoms with Crippen LogP contribution in [-0.2, 0) is 9.53 Å². The summed E-state index contributed by atoms with van der Waals surface area (Å²) >= 11 is 0. The molecule has 0 aromatic carbocycles. The molecule has 0 aromatic heterocycles. The van der Waals surface area contributed by atoms with Crippen LogP contribution in [0.5, 0.6) is 0 Å². The van der Waals surface area contributed by atoms with E-state index in [0.29, 0.717) is 19.4 Å². The highest BCUT2D eigenvalue weighted by Crippen LogP contribution is 2.23. The minimum absolute atomic E-state index is 0.0257. The van der Waals surface area contributed by atoms with Gasteiger partial charge in [-0.25, -0.2) is 4.79 Å². The minimum Gasteiger partial charge on any atom is -0.481 e. The zero-order chi connectivity index (χ0) is 15.2. The van der Waals surface area contributed by atoms with Gasteiger partial charge in [-0.3, -0.25) is 4.79 Å². The molecule has 2 atom stereocenters. The maximum absolute atomic E-state index is 11.9. The molecule has 3 N–H and O–H groups in total. The molecule has 1 saturated heterocycles. The van der Waals surface area contributed by atoms with Crippen molar-refractivity contribution >= 4 is 12.0 Å². The second kappa shape index (κ2) is 7.47. The van der Waals surface area contributed by atoms with E-state index in [1.807, 2.05) is 20.8 Å². The molecule has 6 heteroatoms. The van der Waals surface area contributed by atoms with Crippen LogP contribution in [0, 0.1) is 0 Å². The van der Waals surface area contributed by atoms with E-state index < -0.39 is 5.97 Å². The summed E-state index contributed by atoms with van der Waals surface area (Å²) < 4.78 is 5.61. The lowest BCUT2D eigenvalue weighted by atomic mass is 9.94. The van der Waals surface area contributed by atoms with Gasteiger partial charge >= 0.3 is 12.0 Å². The number of urea groups is 1. The maximum atomic E-state index is 11.9. The third kappa shape index (κ3) is 6.75. The Morgan fingerprint density at radius 1 is 1.45 bits per heavy atom. The van der Waals surface area contributed by atoms with Crippen molar-refractivity contribution in [2.45, 2.75) is 70.6 Å². The van der Waals surface area contributed by atoms with Gasteiger partial charge in [0.05, 0.1) is 5.60 Å². The molecule has 1 aliphatic rings. The van der Waals surface area contributed by atoms with E-state index >= 15 is 0 Å². The molecule has 0 radical (unpaired) electrons. The van der Waals surface area contributed by atoms with Crippen LogP contribution in [-0.4, -0.2) is 41.4 Å². The summed E-state index contributed by atoms with van der Waals surface area (Å²) in [5.74, 6) is -0.800. The molecule has 1 heterocycles. The standard InChI is InChI=1S/C14H26N2O4/c1-10(5-4-6-12(17)18)15-13(19)16-11-7-8-20-14(2,3)9-11/h10-11H,4-9H2,1-3H3,(H,17,18)(H2,15,16,19). The number of carbonyl (C=O) groups is 2. The number of hydrogen-bond acceptors (Lipinski definition) is 3. The summed E-state index contributed by atoms with van der Waals surface area (Å²) in [6, 6.07) is -0.0808. The van der Waals surface area contributed by atoms with E-state index in [0.717, 1.165) is 12.8 Å². The molecular formula is C14H26N2O4. The number of nitrogens with one attached hydrogen (secondary N) is 2. The lowest BCUT2D eigenvalue weighted by Gasteiger charge is -2.35. The van der Waals surface area contributed by atoms with Gasteiger partial charge in [-0.2, -0.15) is 0 Å². The molecule has 0 spiro atoms. The largest absolute Gasteiger partial charge is 0.481 e. The van der Waals surface area contributed by atoms with Crippen LogP contribution >= 0.6 is 0 Å².